The minimum Gasteiger partial charge on any atom is -0.390 e. The first-order valence-corrected chi connectivity index (χ1v) is 11.0. The number of hydrogen-bond donors (Lipinski definition) is 1. The van der Waals surface area contributed by atoms with Crippen LogP contribution in [0, 0.1) is 5.92 Å². The molecule has 0 amide bonds. The summed E-state index contributed by atoms with van der Waals surface area (Å²) in [6, 6.07) is 18.0. The minimum atomic E-state index is -3.53. The van der Waals surface area contributed by atoms with E-state index in [0.717, 1.165) is 5.56 Å². The maximum Gasteiger partial charge on any atom is 0.178 e. The molecule has 1 fully saturated rings. The number of rotatable bonds is 9. The molecule has 2 aromatic carbocycles. The summed E-state index contributed by atoms with van der Waals surface area (Å²) in [5, 5.41) is 10.7. The number of aliphatic hydroxyl groups excluding tert-OH is 1. The fourth-order valence-corrected chi connectivity index (χ4v) is 5.17. The highest BCUT2D eigenvalue weighted by atomic mass is 32.2. The molecule has 4 atom stereocenters. The number of benzene rings is 2. The minimum absolute atomic E-state index is 0.175. The second-order valence-electron chi connectivity index (χ2n) is 6.99. The van der Waals surface area contributed by atoms with Crippen LogP contribution < -0.4 is 0 Å². The SMILES string of the molecule is C=CC[C@H]1O[C@H](COCc2ccccc2)[C@H](O)[C@H]1CS(=O)(=O)c1ccccc1. The summed E-state index contributed by atoms with van der Waals surface area (Å²) < 4.78 is 37.2. The van der Waals surface area contributed by atoms with Crippen LogP contribution in [-0.2, 0) is 25.9 Å². The van der Waals surface area contributed by atoms with Crippen LogP contribution in [0.4, 0.5) is 0 Å². The highest BCUT2D eigenvalue weighted by molar-refractivity contribution is 7.91. The fourth-order valence-electron chi connectivity index (χ4n) is 3.48. The maximum atomic E-state index is 12.8. The predicted octanol–water partition coefficient (Wildman–Crippen LogP) is 3.00. The predicted molar refractivity (Wildman–Crippen MR) is 108 cm³/mol. The van der Waals surface area contributed by atoms with Gasteiger partial charge in [-0.05, 0) is 24.1 Å². The molecule has 2 aromatic rings. The lowest BCUT2D eigenvalue weighted by Crippen LogP contribution is -2.34. The molecule has 1 aliphatic rings. The Kier molecular flexibility index (Phi) is 7.02. The Labute approximate surface area is 166 Å². The van der Waals surface area contributed by atoms with Crippen molar-refractivity contribution in [3.63, 3.8) is 0 Å². The van der Waals surface area contributed by atoms with Gasteiger partial charge in [0.1, 0.15) is 6.10 Å². The zero-order valence-corrected chi connectivity index (χ0v) is 16.5. The second kappa shape index (κ2) is 9.47. The van der Waals surface area contributed by atoms with Crippen LogP contribution in [0.1, 0.15) is 12.0 Å². The van der Waals surface area contributed by atoms with Crippen molar-refractivity contribution >= 4 is 9.84 Å². The molecular formula is C22H26O5S. The zero-order valence-electron chi connectivity index (χ0n) is 15.7. The largest absolute Gasteiger partial charge is 0.390 e. The molecule has 0 bridgehead atoms. The Morgan fingerprint density at radius 2 is 1.68 bits per heavy atom. The molecule has 1 aliphatic heterocycles. The van der Waals surface area contributed by atoms with Gasteiger partial charge in [-0.1, -0.05) is 54.6 Å². The third kappa shape index (κ3) is 5.08. The van der Waals surface area contributed by atoms with Gasteiger partial charge in [0.25, 0.3) is 0 Å². The van der Waals surface area contributed by atoms with E-state index in [1.54, 1.807) is 36.4 Å². The first-order chi connectivity index (χ1) is 13.5. The van der Waals surface area contributed by atoms with E-state index in [4.69, 9.17) is 9.47 Å². The Balaban J connectivity index is 1.65. The van der Waals surface area contributed by atoms with Crippen molar-refractivity contribution in [3.8, 4) is 0 Å². The summed E-state index contributed by atoms with van der Waals surface area (Å²) in [4.78, 5) is 0.253. The van der Waals surface area contributed by atoms with Gasteiger partial charge in [-0.25, -0.2) is 8.42 Å². The summed E-state index contributed by atoms with van der Waals surface area (Å²) in [6.45, 7) is 4.33. The van der Waals surface area contributed by atoms with E-state index >= 15 is 0 Å². The summed E-state index contributed by atoms with van der Waals surface area (Å²) in [7, 11) is -3.53. The molecule has 0 radical (unpaired) electrons. The Morgan fingerprint density at radius 1 is 1.04 bits per heavy atom. The molecule has 0 spiro atoms. The van der Waals surface area contributed by atoms with E-state index in [-0.39, 0.29) is 17.3 Å². The molecular weight excluding hydrogens is 376 g/mol. The van der Waals surface area contributed by atoms with Gasteiger partial charge in [-0.3, -0.25) is 0 Å². The number of aliphatic hydroxyl groups is 1. The highest BCUT2D eigenvalue weighted by Crippen LogP contribution is 2.32. The van der Waals surface area contributed by atoms with Gasteiger partial charge in [0, 0.05) is 5.92 Å². The zero-order chi connectivity index (χ0) is 20.0. The van der Waals surface area contributed by atoms with Crippen molar-refractivity contribution < 1.29 is 23.0 Å². The van der Waals surface area contributed by atoms with Gasteiger partial charge >= 0.3 is 0 Å². The highest BCUT2D eigenvalue weighted by Gasteiger charge is 2.45. The summed E-state index contributed by atoms with van der Waals surface area (Å²) >= 11 is 0. The third-order valence-corrected chi connectivity index (χ3v) is 6.77. The first-order valence-electron chi connectivity index (χ1n) is 9.35. The van der Waals surface area contributed by atoms with Crippen molar-refractivity contribution in [3.05, 3.63) is 78.9 Å². The van der Waals surface area contributed by atoms with Crippen LogP contribution >= 0.6 is 0 Å². The van der Waals surface area contributed by atoms with Crippen LogP contribution in [0.15, 0.2) is 78.2 Å². The van der Waals surface area contributed by atoms with Gasteiger partial charge < -0.3 is 14.6 Å². The van der Waals surface area contributed by atoms with Crippen molar-refractivity contribution in [1.82, 2.24) is 0 Å². The molecule has 0 unspecified atom stereocenters. The average molecular weight is 403 g/mol. The van der Waals surface area contributed by atoms with Crippen LogP contribution in [0.2, 0.25) is 0 Å². The molecule has 1 N–H and O–H groups in total. The molecule has 0 aliphatic carbocycles. The lowest BCUT2D eigenvalue weighted by Gasteiger charge is -2.19. The van der Waals surface area contributed by atoms with Gasteiger partial charge in [-0.2, -0.15) is 0 Å². The molecule has 28 heavy (non-hydrogen) atoms. The smallest absolute Gasteiger partial charge is 0.178 e. The lowest BCUT2D eigenvalue weighted by atomic mass is 9.96. The van der Waals surface area contributed by atoms with E-state index in [1.807, 2.05) is 30.3 Å². The Bertz CT molecular complexity index is 851. The van der Waals surface area contributed by atoms with Gasteiger partial charge in [0.05, 0.1) is 36.1 Å². The van der Waals surface area contributed by atoms with Crippen molar-refractivity contribution in [2.45, 2.75) is 36.2 Å². The molecule has 150 valence electrons. The number of sulfone groups is 1. The van der Waals surface area contributed by atoms with Gasteiger partial charge in [-0.15, -0.1) is 6.58 Å². The van der Waals surface area contributed by atoms with Crippen molar-refractivity contribution in [2.75, 3.05) is 12.4 Å². The summed E-state index contributed by atoms with van der Waals surface area (Å²) in [5.74, 6) is -0.708. The second-order valence-corrected chi connectivity index (χ2v) is 9.02. The number of hydrogen-bond acceptors (Lipinski definition) is 5. The van der Waals surface area contributed by atoms with Gasteiger partial charge in [0.2, 0.25) is 0 Å². The van der Waals surface area contributed by atoms with E-state index in [0.29, 0.717) is 13.0 Å². The van der Waals surface area contributed by atoms with E-state index in [1.165, 1.54) is 0 Å². The first kappa shape index (κ1) is 20.7. The monoisotopic (exact) mass is 402 g/mol. The lowest BCUT2D eigenvalue weighted by molar-refractivity contribution is -0.0474. The van der Waals surface area contributed by atoms with Crippen LogP contribution in [-0.4, -0.2) is 44.2 Å². The van der Waals surface area contributed by atoms with Crippen LogP contribution in [0.25, 0.3) is 0 Å². The molecule has 5 nitrogen and oxygen atoms in total. The van der Waals surface area contributed by atoms with Crippen molar-refractivity contribution in [2.24, 2.45) is 5.92 Å². The van der Waals surface area contributed by atoms with Crippen LogP contribution in [0.5, 0.6) is 0 Å². The van der Waals surface area contributed by atoms with E-state index in [2.05, 4.69) is 6.58 Å². The van der Waals surface area contributed by atoms with E-state index < -0.39 is 34.1 Å². The molecule has 3 rings (SSSR count). The molecule has 1 saturated heterocycles. The third-order valence-electron chi connectivity index (χ3n) is 4.95. The molecule has 1 heterocycles. The van der Waals surface area contributed by atoms with Crippen molar-refractivity contribution in [1.29, 1.82) is 0 Å². The van der Waals surface area contributed by atoms with E-state index in [9.17, 15) is 13.5 Å². The van der Waals surface area contributed by atoms with Gasteiger partial charge in [0.15, 0.2) is 9.84 Å². The summed E-state index contributed by atoms with van der Waals surface area (Å²) in [6.07, 6.45) is 0.272. The quantitative estimate of drug-likeness (QED) is 0.653. The fraction of sp³-hybridized carbons (Fsp3) is 0.364. The standard InChI is InChI=1S/C22H26O5S/c1-2-9-20-19(16-28(24,25)18-12-7-4-8-13-18)22(23)21(27-20)15-26-14-17-10-5-3-6-11-17/h2-8,10-13,19-23H,1,9,14-16H2/t19-,20+,21+,22+/m0/s1. The normalized spacial score (nSPS) is 24.9. The van der Waals surface area contributed by atoms with Crippen LogP contribution in [0.3, 0.4) is 0 Å². The maximum absolute atomic E-state index is 12.8. The average Bonchev–Trinajstić information content (AvgIpc) is 2.98. The topological polar surface area (TPSA) is 72.8 Å². The Hall–Kier alpha value is -1.99. The molecule has 0 saturated carbocycles. The summed E-state index contributed by atoms with van der Waals surface area (Å²) in [5.41, 5.74) is 1.03. The molecule has 0 aromatic heterocycles. The molecule has 6 heteroatoms. The Morgan fingerprint density at radius 3 is 2.32 bits per heavy atom. The number of ether oxygens (including phenoxy) is 2.